The molecule has 1 aliphatic heterocycles. The number of ether oxygens (including phenoxy) is 1. The number of nitrogens with zero attached hydrogens (tertiary/aromatic N) is 2. The fraction of sp³-hybridized carbons (Fsp3) is 0.875. The summed E-state index contributed by atoms with van der Waals surface area (Å²) in [6, 6.07) is 0. The number of hydrogen-bond acceptors (Lipinski definition) is 10. The second-order valence-corrected chi connectivity index (χ2v) is 17.3. The molecule has 0 radical (unpaired) electrons. The number of unbranched alkanes of at least 4 members (excludes halogenated alkanes) is 26. The molecule has 0 aromatic rings. The van der Waals surface area contributed by atoms with Crippen molar-refractivity contribution in [2.45, 2.75) is 237 Å². The molecule has 61 heavy (non-hydrogen) atoms. The van der Waals surface area contributed by atoms with Gasteiger partial charge in [-0.2, -0.15) is 0 Å². The van der Waals surface area contributed by atoms with Gasteiger partial charge in [0.05, 0.1) is 32.3 Å². The fourth-order valence-electron chi connectivity index (χ4n) is 8.32. The van der Waals surface area contributed by atoms with Crippen molar-refractivity contribution in [2.24, 2.45) is 11.5 Å². The molecular formula is C48H91N5O8. The lowest BCUT2D eigenvalue weighted by Crippen LogP contribution is -2.74. The van der Waals surface area contributed by atoms with Gasteiger partial charge in [0.15, 0.2) is 0 Å². The Hall–Kier alpha value is -2.42. The van der Waals surface area contributed by atoms with E-state index in [1.54, 1.807) is 0 Å². The molecule has 1 aliphatic rings. The first-order valence-electron chi connectivity index (χ1n) is 24.8. The van der Waals surface area contributed by atoms with Crippen molar-refractivity contribution >= 4 is 23.6 Å². The molecule has 0 spiro atoms. The second kappa shape index (κ2) is 37.0. The number of carbonyl (C=O) groups excluding carboxylic acids is 4. The van der Waals surface area contributed by atoms with E-state index >= 15 is 0 Å². The maximum absolute atomic E-state index is 14.4. The van der Waals surface area contributed by atoms with Crippen LogP contribution in [0, 0.1) is 0 Å². The quantitative estimate of drug-likeness (QED) is 0.0202. The van der Waals surface area contributed by atoms with Crippen LogP contribution in [0.15, 0.2) is 12.2 Å². The van der Waals surface area contributed by atoms with Crippen LogP contribution in [0.5, 0.6) is 0 Å². The third-order valence-corrected chi connectivity index (χ3v) is 12.0. The van der Waals surface area contributed by atoms with E-state index in [9.17, 15) is 34.5 Å². The number of carbonyl (C=O) groups is 4. The topological polar surface area (TPSA) is 209 Å². The zero-order chi connectivity index (χ0) is 45.0. The average Bonchev–Trinajstić information content (AvgIpc) is 3.26. The summed E-state index contributed by atoms with van der Waals surface area (Å²) in [5.74, 6) is -5.06. The van der Waals surface area contributed by atoms with E-state index in [2.05, 4.69) is 31.3 Å². The molecule has 0 unspecified atom stereocenters. The minimum atomic E-state index is -2.21. The Balaban J connectivity index is 2.96. The standard InChI is InChI=1S/C48H91N5O8/c1-3-5-7-9-11-13-15-17-19-21-23-25-27-29-31-33-35-52(44(57)34-32-30-28-26-24-22-20-18-16-14-12-10-8-6-4-2)48(36-41(55)47(60)42(40-54)61-48)53(45(58)38-50)46(59)39-51-43(56)37-49/h18,20,41-42,47,54-55,60H,3-17,19,21-40,49-50H2,1-2H3,(H,51,56)/b20-18-/t41-,42-,47+,48-/m1/s1. The van der Waals surface area contributed by atoms with Crippen LogP contribution in [0.25, 0.3) is 0 Å². The van der Waals surface area contributed by atoms with Gasteiger partial charge in [-0.3, -0.25) is 24.1 Å². The molecule has 0 aromatic heterocycles. The molecular weight excluding hydrogens is 775 g/mol. The van der Waals surface area contributed by atoms with Crippen LogP contribution in [0.3, 0.4) is 0 Å². The zero-order valence-electron chi connectivity index (χ0n) is 38.8. The van der Waals surface area contributed by atoms with Gasteiger partial charge in [-0.1, -0.05) is 174 Å². The largest absolute Gasteiger partial charge is 0.394 e. The highest BCUT2D eigenvalue weighted by atomic mass is 16.6. The number of amides is 4. The van der Waals surface area contributed by atoms with Gasteiger partial charge in [0.25, 0.3) is 5.91 Å². The molecule has 1 saturated heterocycles. The SMILES string of the molecule is CCCCCCCC/C=C\CCCCCCCC(=O)N(CCCCCCCCCCCCCCCCCC)[C@@]1(N(C(=O)CN)C(=O)CNC(=O)CN)C[C@@H](O)[C@H](O)[C@@H](CO)O1. The van der Waals surface area contributed by atoms with Crippen LogP contribution in [0.4, 0.5) is 0 Å². The van der Waals surface area contributed by atoms with E-state index in [1.807, 2.05) is 0 Å². The molecule has 1 fully saturated rings. The summed E-state index contributed by atoms with van der Waals surface area (Å²) in [6.45, 7) is 2.15. The molecule has 13 nitrogen and oxygen atoms in total. The van der Waals surface area contributed by atoms with E-state index in [1.165, 1.54) is 114 Å². The van der Waals surface area contributed by atoms with Crippen LogP contribution in [-0.2, 0) is 23.9 Å². The number of aliphatic hydroxyl groups excluding tert-OH is 3. The summed E-state index contributed by atoms with van der Waals surface area (Å²) < 4.78 is 6.27. The Morgan fingerprint density at radius 3 is 1.51 bits per heavy atom. The van der Waals surface area contributed by atoms with Gasteiger partial charge in [-0.05, 0) is 38.5 Å². The number of nitrogens with two attached hydrogens (primary N) is 2. The fourth-order valence-corrected chi connectivity index (χ4v) is 8.32. The predicted octanol–water partition coefficient (Wildman–Crippen LogP) is 7.66. The number of rotatable bonds is 39. The molecule has 4 amide bonds. The molecule has 8 N–H and O–H groups in total. The number of imide groups is 1. The van der Waals surface area contributed by atoms with Crippen molar-refractivity contribution in [1.82, 2.24) is 15.1 Å². The molecule has 1 rings (SSSR count). The number of nitrogens with one attached hydrogen (secondary N) is 1. The summed E-state index contributed by atoms with van der Waals surface area (Å²) in [5, 5.41) is 34.5. The Labute approximate surface area is 370 Å². The van der Waals surface area contributed by atoms with Gasteiger partial charge in [0.2, 0.25) is 23.6 Å². The molecule has 0 bridgehead atoms. The van der Waals surface area contributed by atoms with E-state index in [0.29, 0.717) is 17.7 Å². The predicted molar refractivity (Wildman–Crippen MR) is 245 cm³/mol. The van der Waals surface area contributed by atoms with E-state index in [0.717, 1.165) is 64.2 Å². The molecule has 0 saturated carbocycles. The smallest absolute Gasteiger partial charge is 0.252 e. The minimum Gasteiger partial charge on any atom is -0.394 e. The van der Waals surface area contributed by atoms with Crippen LogP contribution < -0.4 is 16.8 Å². The summed E-state index contributed by atoms with van der Waals surface area (Å²) in [6.07, 6.45) is 32.8. The molecule has 356 valence electrons. The summed E-state index contributed by atoms with van der Waals surface area (Å²) >= 11 is 0. The Morgan fingerprint density at radius 1 is 0.623 bits per heavy atom. The molecule has 0 aromatic carbocycles. The Bertz CT molecular complexity index is 1170. The van der Waals surface area contributed by atoms with Crippen molar-refractivity contribution in [3.05, 3.63) is 12.2 Å². The normalized spacial score (nSPS) is 19.0. The highest BCUT2D eigenvalue weighted by Gasteiger charge is 2.57. The van der Waals surface area contributed by atoms with E-state index < -0.39 is 74.5 Å². The van der Waals surface area contributed by atoms with Crippen LogP contribution >= 0.6 is 0 Å². The Morgan fingerprint density at radius 2 is 1.07 bits per heavy atom. The summed E-state index contributed by atoms with van der Waals surface area (Å²) in [5.41, 5.74) is 11.3. The monoisotopic (exact) mass is 866 g/mol. The number of hydrogen-bond donors (Lipinski definition) is 6. The van der Waals surface area contributed by atoms with Crippen molar-refractivity contribution in [1.29, 1.82) is 0 Å². The van der Waals surface area contributed by atoms with Crippen molar-refractivity contribution in [3.63, 3.8) is 0 Å². The first-order valence-corrected chi connectivity index (χ1v) is 24.8. The summed E-state index contributed by atoms with van der Waals surface area (Å²) in [4.78, 5) is 55.9. The van der Waals surface area contributed by atoms with Gasteiger partial charge in [-0.25, -0.2) is 4.90 Å². The average molecular weight is 866 g/mol. The van der Waals surface area contributed by atoms with Crippen LogP contribution in [-0.4, -0.2) is 106 Å². The lowest BCUT2D eigenvalue weighted by molar-refractivity contribution is -0.312. The van der Waals surface area contributed by atoms with Crippen LogP contribution in [0.1, 0.15) is 213 Å². The second-order valence-electron chi connectivity index (χ2n) is 17.3. The van der Waals surface area contributed by atoms with E-state index in [4.69, 9.17) is 16.2 Å². The minimum absolute atomic E-state index is 0.0973. The number of allylic oxidation sites excluding steroid dienone is 2. The van der Waals surface area contributed by atoms with Crippen LogP contribution in [0.2, 0.25) is 0 Å². The third-order valence-electron chi connectivity index (χ3n) is 12.0. The van der Waals surface area contributed by atoms with Gasteiger partial charge in [0.1, 0.15) is 12.2 Å². The van der Waals surface area contributed by atoms with Crippen molar-refractivity contribution < 1.29 is 39.2 Å². The lowest BCUT2D eigenvalue weighted by Gasteiger charge is -2.54. The maximum Gasteiger partial charge on any atom is 0.252 e. The van der Waals surface area contributed by atoms with E-state index in [-0.39, 0.29) is 18.9 Å². The highest BCUT2D eigenvalue weighted by Crippen LogP contribution is 2.37. The first kappa shape index (κ1) is 56.6. The van der Waals surface area contributed by atoms with Gasteiger partial charge >= 0.3 is 0 Å². The number of aliphatic hydroxyl groups is 3. The lowest BCUT2D eigenvalue weighted by atomic mass is 9.95. The molecule has 13 heteroatoms. The maximum atomic E-state index is 14.4. The highest BCUT2D eigenvalue weighted by molar-refractivity contribution is 5.99. The first-order chi connectivity index (χ1) is 29.6. The van der Waals surface area contributed by atoms with Gasteiger partial charge < -0.3 is 36.8 Å². The summed E-state index contributed by atoms with van der Waals surface area (Å²) in [7, 11) is 0. The van der Waals surface area contributed by atoms with Crippen molar-refractivity contribution in [3.8, 4) is 0 Å². The van der Waals surface area contributed by atoms with Gasteiger partial charge in [0, 0.05) is 19.4 Å². The molecule has 0 aliphatic carbocycles. The molecule has 1 heterocycles. The third kappa shape index (κ3) is 24.3. The van der Waals surface area contributed by atoms with Crippen molar-refractivity contribution in [2.75, 3.05) is 32.8 Å². The zero-order valence-corrected chi connectivity index (χ0v) is 38.8. The Kier molecular flexibility index (Phi) is 34.3. The van der Waals surface area contributed by atoms with Gasteiger partial charge in [-0.15, -0.1) is 0 Å². The molecule has 4 atom stereocenters.